The number of nitrogens with zero attached hydrogens (tertiary/aromatic N) is 1. The van der Waals surface area contributed by atoms with Crippen LogP contribution >= 0.6 is 47.4 Å². The standard InChI is InChI=1S/C7H4Cl3NO2S.Na/c8-7(9,10)4-1-2-6(14)5(3-4)11(12)13;/h1-3,14H;/q;+1. The Bertz CT molecular complexity index is 383. The van der Waals surface area contributed by atoms with E-state index in [0.29, 0.717) is 0 Å². The maximum absolute atomic E-state index is 10.5. The van der Waals surface area contributed by atoms with Crippen LogP contribution in [0.1, 0.15) is 5.56 Å². The zero-order valence-corrected chi connectivity index (χ0v) is 12.7. The maximum Gasteiger partial charge on any atom is 1.00 e. The molecule has 0 aromatic heterocycles. The Balaban J connectivity index is 0.00000196. The van der Waals surface area contributed by atoms with Crippen molar-refractivity contribution < 1.29 is 34.5 Å². The molecule has 0 aliphatic rings. The Morgan fingerprint density at radius 2 is 1.87 bits per heavy atom. The van der Waals surface area contributed by atoms with Crippen LogP contribution in [0.3, 0.4) is 0 Å². The minimum absolute atomic E-state index is 0. The monoisotopic (exact) mass is 294 g/mol. The zero-order valence-electron chi connectivity index (χ0n) is 7.58. The third-order valence-electron chi connectivity index (χ3n) is 1.50. The average molecular weight is 296 g/mol. The van der Waals surface area contributed by atoms with Crippen molar-refractivity contribution in [1.29, 1.82) is 0 Å². The molecule has 15 heavy (non-hydrogen) atoms. The zero-order chi connectivity index (χ0) is 10.9. The van der Waals surface area contributed by atoms with Crippen LogP contribution in [0.25, 0.3) is 0 Å². The Morgan fingerprint density at radius 1 is 1.33 bits per heavy atom. The molecule has 0 N–H and O–H groups in total. The molecule has 1 rings (SSSR count). The molecule has 0 radical (unpaired) electrons. The normalized spacial score (nSPS) is 10.7. The summed E-state index contributed by atoms with van der Waals surface area (Å²) in [6.07, 6.45) is 0. The second-order valence-corrected chi connectivity index (χ2v) is 5.22. The van der Waals surface area contributed by atoms with Gasteiger partial charge in [0.2, 0.25) is 3.79 Å². The van der Waals surface area contributed by atoms with Crippen LogP contribution in [0, 0.1) is 10.1 Å². The molecule has 0 fully saturated rings. The molecule has 76 valence electrons. The van der Waals surface area contributed by atoms with E-state index in [1.807, 2.05) is 0 Å². The summed E-state index contributed by atoms with van der Waals surface area (Å²) >= 11 is 20.6. The number of benzene rings is 1. The summed E-state index contributed by atoms with van der Waals surface area (Å²) in [6, 6.07) is 4.08. The first-order valence-electron chi connectivity index (χ1n) is 3.37. The van der Waals surface area contributed by atoms with Crippen LogP contribution in [-0.2, 0) is 3.79 Å². The average Bonchev–Trinajstić information content (AvgIpc) is 2.02. The quantitative estimate of drug-likeness (QED) is 0.273. The maximum atomic E-state index is 10.5. The van der Waals surface area contributed by atoms with E-state index in [9.17, 15) is 10.1 Å². The number of alkyl halides is 3. The van der Waals surface area contributed by atoms with Crippen molar-refractivity contribution >= 4 is 53.1 Å². The number of thiol groups is 1. The predicted molar refractivity (Wildman–Crippen MR) is 59.6 cm³/mol. The Morgan fingerprint density at radius 3 is 2.27 bits per heavy atom. The van der Waals surface area contributed by atoms with Crippen molar-refractivity contribution in [3.8, 4) is 0 Å². The van der Waals surface area contributed by atoms with E-state index in [1.54, 1.807) is 0 Å². The first-order chi connectivity index (χ1) is 6.32. The van der Waals surface area contributed by atoms with Crippen molar-refractivity contribution in [2.24, 2.45) is 0 Å². The van der Waals surface area contributed by atoms with E-state index in [1.165, 1.54) is 18.2 Å². The van der Waals surface area contributed by atoms with Crippen LogP contribution in [0.4, 0.5) is 5.69 Å². The largest absolute Gasteiger partial charge is 1.00 e. The first kappa shape index (κ1) is 15.8. The molecule has 0 atom stereocenters. The van der Waals surface area contributed by atoms with E-state index >= 15 is 0 Å². The molecule has 8 heteroatoms. The van der Waals surface area contributed by atoms with Crippen molar-refractivity contribution in [1.82, 2.24) is 0 Å². The molecule has 0 amide bonds. The van der Waals surface area contributed by atoms with E-state index < -0.39 is 8.72 Å². The molecule has 0 spiro atoms. The van der Waals surface area contributed by atoms with Crippen molar-refractivity contribution in [3.63, 3.8) is 0 Å². The second-order valence-electron chi connectivity index (χ2n) is 2.46. The molecular weight excluding hydrogens is 291 g/mol. The van der Waals surface area contributed by atoms with Gasteiger partial charge in [-0.1, -0.05) is 40.9 Å². The van der Waals surface area contributed by atoms with E-state index in [-0.39, 0.29) is 45.7 Å². The second kappa shape index (κ2) is 5.96. The summed E-state index contributed by atoms with van der Waals surface area (Å²) in [7, 11) is 0. The van der Waals surface area contributed by atoms with Crippen LogP contribution < -0.4 is 29.6 Å². The fourth-order valence-corrected chi connectivity index (χ4v) is 1.42. The molecular formula is C7H4Cl3NNaO2S+. The Kier molecular flexibility index (Phi) is 6.29. The SMILES string of the molecule is O=[N+]([O-])c1cc(C(Cl)(Cl)Cl)ccc1S.[Na+]. The molecule has 0 saturated carbocycles. The summed E-state index contributed by atoms with van der Waals surface area (Å²) in [4.78, 5) is 10.2. The van der Waals surface area contributed by atoms with E-state index in [4.69, 9.17) is 34.8 Å². The molecule has 0 bridgehead atoms. The van der Waals surface area contributed by atoms with Gasteiger partial charge in [0.15, 0.2) is 0 Å². The van der Waals surface area contributed by atoms with Gasteiger partial charge in [-0.05, 0) is 6.07 Å². The molecule has 0 aliphatic heterocycles. The van der Waals surface area contributed by atoms with Crippen molar-refractivity contribution in [3.05, 3.63) is 33.9 Å². The topological polar surface area (TPSA) is 43.1 Å². The molecule has 0 unspecified atom stereocenters. The third kappa shape index (κ3) is 4.30. The van der Waals surface area contributed by atoms with Crippen LogP contribution in [0.2, 0.25) is 0 Å². The summed E-state index contributed by atoms with van der Waals surface area (Å²) < 4.78 is -1.66. The van der Waals surface area contributed by atoms with Gasteiger partial charge in [0.25, 0.3) is 5.69 Å². The fraction of sp³-hybridized carbons (Fsp3) is 0.143. The number of hydrogen-bond acceptors (Lipinski definition) is 3. The minimum Gasteiger partial charge on any atom is -0.258 e. The predicted octanol–water partition coefficient (Wildman–Crippen LogP) is 0.714. The number of nitro groups is 1. The van der Waals surface area contributed by atoms with Gasteiger partial charge < -0.3 is 0 Å². The molecule has 1 aromatic carbocycles. The van der Waals surface area contributed by atoms with Gasteiger partial charge in [-0.2, -0.15) is 0 Å². The van der Waals surface area contributed by atoms with Crippen LogP contribution in [0.15, 0.2) is 23.1 Å². The van der Waals surface area contributed by atoms with Crippen molar-refractivity contribution in [2.45, 2.75) is 8.69 Å². The van der Waals surface area contributed by atoms with Crippen molar-refractivity contribution in [2.75, 3.05) is 0 Å². The summed E-state index contributed by atoms with van der Waals surface area (Å²) in [5.74, 6) is 0. The summed E-state index contributed by atoms with van der Waals surface area (Å²) in [5.41, 5.74) is 0.0594. The first-order valence-corrected chi connectivity index (χ1v) is 4.95. The van der Waals surface area contributed by atoms with Gasteiger partial charge in [0.1, 0.15) is 0 Å². The fourth-order valence-electron chi connectivity index (χ4n) is 0.846. The van der Waals surface area contributed by atoms with Gasteiger partial charge in [-0.3, -0.25) is 10.1 Å². The molecule has 1 aromatic rings. The Labute approximate surface area is 129 Å². The summed E-state index contributed by atoms with van der Waals surface area (Å²) in [5, 5.41) is 10.5. The molecule has 0 aliphatic carbocycles. The van der Waals surface area contributed by atoms with Gasteiger partial charge in [-0.15, -0.1) is 12.6 Å². The molecule has 0 saturated heterocycles. The van der Waals surface area contributed by atoms with Crippen LogP contribution in [-0.4, -0.2) is 4.92 Å². The van der Waals surface area contributed by atoms with E-state index in [2.05, 4.69) is 12.6 Å². The smallest absolute Gasteiger partial charge is 0.258 e. The number of rotatable bonds is 1. The number of nitro benzene ring substituents is 1. The van der Waals surface area contributed by atoms with Gasteiger partial charge in [0.05, 0.1) is 9.82 Å². The minimum atomic E-state index is -1.66. The number of hydrogen-bond donors (Lipinski definition) is 1. The van der Waals surface area contributed by atoms with Gasteiger partial charge in [-0.25, -0.2) is 0 Å². The summed E-state index contributed by atoms with van der Waals surface area (Å²) in [6.45, 7) is 0. The van der Waals surface area contributed by atoms with Gasteiger partial charge >= 0.3 is 29.6 Å². The molecule has 0 heterocycles. The van der Waals surface area contributed by atoms with E-state index in [0.717, 1.165) is 0 Å². The molecule has 3 nitrogen and oxygen atoms in total. The Hall–Kier alpha value is 0.840. The van der Waals surface area contributed by atoms with Crippen LogP contribution in [0.5, 0.6) is 0 Å². The third-order valence-corrected chi connectivity index (χ3v) is 2.53. The van der Waals surface area contributed by atoms with Gasteiger partial charge in [0, 0.05) is 11.6 Å². The number of halogens is 3.